The van der Waals surface area contributed by atoms with Crippen LogP contribution in [0.15, 0.2) is 18.2 Å². The number of carbonyl (C=O) groups is 1. The van der Waals surface area contributed by atoms with Crippen molar-refractivity contribution in [1.29, 1.82) is 0 Å². The lowest BCUT2D eigenvalue weighted by atomic mass is 9.95. The maximum atomic E-state index is 14.2. The Labute approximate surface area is 156 Å². The predicted molar refractivity (Wildman–Crippen MR) is 94.2 cm³/mol. The highest BCUT2D eigenvalue weighted by Gasteiger charge is 2.47. The van der Waals surface area contributed by atoms with Crippen LogP contribution in [0.3, 0.4) is 0 Å². The van der Waals surface area contributed by atoms with Crippen molar-refractivity contribution in [2.24, 2.45) is 17.4 Å². The largest absolute Gasteiger partial charge is 0.372 e. The topological polar surface area (TPSA) is 106 Å². The molecule has 3 saturated heterocycles. The summed E-state index contributed by atoms with van der Waals surface area (Å²) in [4.78, 5) is 13.9. The number of nitrogens with zero attached hydrogens (tertiary/aromatic N) is 1. The highest BCUT2D eigenvalue weighted by Crippen LogP contribution is 2.33. The molecular weight excluding hydrogens is 356 g/mol. The van der Waals surface area contributed by atoms with Gasteiger partial charge in [0.15, 0.2) is 0 Å². The zero-order valence-corrected chi connectivity index (χ0v) is 14.9. The minimum atomic E-state index is -0.675. The van der Waals surface area contributed by atoms with Gasteiger partial charge in [0.25, 0.3) is 0 Å². The van der Waals surface area contributed by atoms with Gasteiger partial charge >= 0.3 is 0 Å². The van der Waals surface area contributed by atoms with Gasteiger partial charge in [0.1, 0.15) is 23.8 Å². The zero-order valence-electron chi connectivity index (χ0n) is 14.9. The molecule has 0 aliphatic carbocycles. The molecular formula is C18H25F2N5O2. The van der Waals surface area contributed by atoms with Crippen molar-refractivity contribution in [1.82, 2.24) is 15.8 Å². The van der Waals surface area contributed by atoms with E-state index < -0.39 is 23.8 Å². The van der Waals surface area contributed by atoms with E-state index in [-0.39, 0.29) is 35.5 Å². The van der Waals surface area contributed by atoms with E-state index in [1.165, 1.54) is 0 Å². The quantitative estimate of drug-likeness (QED) is 0.577. The number of likely N-dealkylation sites (tertiary alicyclic amines) is 1. The lowest BCUT2D eigenvalue weighted by Crippen LogP contribution is -2.47. The van der Waals surface area contributed by atoms with E-state index in [2.05, 4.69) is 15.8 Å². The predicted octanol–water partition coefficient (Wildman–Crippen LogP) is -0.226. The smallest absolute Gasteiger partial charge is 0.236 e. The van der Waals surface area contributed by atoms with Crippen LogP contribution in [0.5, 0.6) is 0 Å². The second kappa shape index (κ2) is 7.40. The highest BCUT2D eigenvalue weighted by molar-refractivity contribution is 5.80. The minimum Gasteiger partial charge on any atom is -0.372 e. The molecule has 0 bridgehead atoms. The summed E-state index contributed by atoms with van der Waals surface area (Å²) in [5.41, 5.74) is 18.1. The van der Waals surface area contributed by atoms with Crippen LogP contribution in [-0.2, 0) is 9.53 Å². The lowest BCUT2D eigenvalue weighted by Gasteiger charge is -2.30. The monoisotopic (exact) mass is 381 g/mol. The van der Waals surface area contributed by atoms with Gasteiger partial charge in [-0.05, 0) is 31.0 Å². The van der Waals surface area contributed by atoms with Crippen LogP contribution in [0.2, 0.25) is 0 Å². The van der Waals surface area contributed by atoms with Gasteiger partial charge < -0.3 is 16.2 Å². The van der Waals surface area contributed by atoms with Crippen molar-refractivity contribution >= 4 is 5.91 Å². The molecule has 3 unspecified atom stereocenters. The Bertz CT molecular complexity index is 721. The number of hydrazine groups is 1. The number of halogens is 2. The number of fused-ring (bicyclic) bond motifs is 1. The first-order valence-corrected chi connectivity index (χ1v) is 9.30. The third-order valence-corrected chi connectivity index (χ3v) is 6.01. The van der Waals surface area contributed by atoms with Crippen molar-refractivity contribution in [3.05, 3.63) is 35.4 Å². The molecule has 6 atom stereocenters. The van der Waals surface area contributed by atoms with E-state index in [9.17, 15) is 13.6 Å². The van der Waals surface area contributed by atoms with Crippen molar-refractivity contribution in [2.75, 3.05) is 19.7 Å². The van der Waals surface area contributed by atoms with Crippen LogP contribution in [-0.4, -0.2) is 54.7 Å². The summed E-state index contributed by atoms with van der Waals surface area (Å²) in [6.45, 7) is 1.92. The Morgan fingerprint density at radius 3 is 2.85 bits per heavy atom. The molecule has 27 heavy (non-hydrogen) atoms. The summed E-state index contributed by atoms with van der Waals surface area (Å²) in [6, 6.07) is 2.82. The number of hydrogen-bond donors (Lipinski definition) is 4. The second-order valence-corrected chi connectivity index (χ2v) is 7.69. The number of ether oxygens (including phenoxy) is 1. The van der Waals surface area contributed by atoms with Gasteiger partial charge in [0, 0.05) is 49.3 Å². The molecule has 1 amide bonds. The third kappa shape index (κ3) is 3.57. The molecule has 1 aromatic carbocycles. The van der Waals surface area contributed by atoms with Gasteiger partial charge in [-0.15, -0.1) is 0 Å². The average Bonchev–Trinajstić information content (AvgIpc) is 3.14. The molecule has 0 saturated carbocycles. The van der Waals surface area contributed by atoms with Gasteiger partial charge in [0.2, 0.25) is 5.91 Å². The SMILES string of the molecule is NC(=O)C1NNC2CN([C@H]3CCO[C@H](c4cc(F)ccc4F)[C@@H](N)C3)CC21. The summed E-state index contributed by atoms with van der Waals surface area (Å²) < 4.78 is 33.5. The van der Waals surface area contributed by atoms with E-state index in [0.717, 1.165) is 37.7 Å². The molecule has 0 radical (unpaired) electrons. The van der Waals surface area contributed by atoms with Gasteiger partial charge in [-0.3, -0.25) is 15.1 Å². The maximum absolute atomic E-state index is 14.2. The van der Waals surface area contributed by atoms with Gasteiger partial charge in [-0.25, -0.2) is 14.2 Å². The number of primary amides is 1. The zero-order chi connectivity index (χ0) is 19.1. The first kappa shape index (κ1) is 18.7. The molecule has 6 N–H and O–H groups in total. The Balaban J connectivity index is 1.45. The third-order valence-electron chi connectivity index (χ3n) is 6.01. The summed E-state index contributed by atoms with van der Waals surface area (Å²) in [7, 11) is 0. The second-order valence-electron chi connectivity index (χ2n) is 7.69. The molecule has 0 spiro atoms. The van der Waals surface area contributed by atoms with Crippen molar-refractivity contribution in [3.8, 4) is 0 Å². The first-order valence-electron chi connectivity index (χ1n) is 9.30. The van der Waals surface area contributed by atoms with E-state index in [4.69, 9.17) is 16.2 Å². The Morgan fingerprint density at radius 1 is 1.26 bits per heavy atom. The van der Waals surface area contributed by atoms with E-state index in [1.807, 2.05) is 0 Å². The number of nitrogens with two attached hydrogens (primary N) is 2. The van der Waals surface area contributed by atoms with Crippen LogP contribution in [0, 0.1) is 17.6 Å². The van der Waals surface area contributed by atoms with Crippen LogP contribution in [0.1, 0.15) is 24.5 Å². The van der Waals surface area contributed by atoms with E-state index in [0.29, 0.717) is 13.0 Å². The molecule has 3 aliphatic heterocycles. The summed E-state index contributed by atoms with van der Waals surface area (Å²) in [6.07, 6.45) is 0.676. The summed E-state index contributed by atoms with van der Waals surface area (Å²) in [5.74, 6) is -1.27. The highest BCUT2D eigenvalue weighted by atomic mass is 19.1. The van der Waals surface area contributed by atoms with E-state index >= 15 is 0 Å². The average molecular weight is 381 g/mol. The van der Waals surface area contributed by atoms with Crippen LogP contribution < -0.4 is 22.3 Å². The fourth-order valence-electron chi connectivity index (χ4n) is 4.63. The molecule has 4 rings (SSSR count). The number of rotatable bonds is 3. The molecule has 148 valence electrons. The normalized spacial score (nSPS) is 37.1. The standard InChI is InChI=1S/C18H25F2N5O2/c19-9-1-2-13(20)11(5-9)17-14(21)6-10(3-4-27-17)25-7-12-15(8-25)23-24-16(12)18(22)26/h1-2,5,10,12,14-17,23-24H,3-4,6-8,21H2,(H2,22,26)/t10-,12?,14-,15?,16?,17+/m0/s1. The van der Waals surface area contributed by atoms with Crippen molar-refractivity contribution in [3.63, 3.8) is 0 Å². The fourth-order valence-corrected chi connectivity index (χ4v) is 4.63. The first-order chi connectivity index (χ1) is 12.9. The van der Waals surface area contributed by atoms with Crippen LogP contribution >= 0.6 is 0 Å². The molecule has 0 aromatic heterocycles. The van der Waals surface area contributed by atoms with Gasteiger partial charge in [0.05, 0.1) is 0 Å². The Morgan fingerprint density at radius 2 is 2.07 bits per heavy atom. The molecule has 3 aliphatic rings. The van der Waals surface area contributed by atoms with E-state index in [1.54, 1.807) is 0 Å². The Hall–Kier alpha value is -1.65. The number of carbonyl (C=O) groups excluding carboxylic acids is 1. The van der Waals surface area contributed by atoms with Crippen LogP contribution in [0.4, 0.5) is 8.78 Å². The van der Waals surface area contributed by atoms with Crippen molar-refractivity contribution in [2.45, 2.75) is 43.1 Å². The number of amides is 1. The number of benzene rings is 1. The lowest BCUT2D eigenvalue weighted by molar-refractivity contribution is -0.120. The molecule has 3 heterocycles. The summed E-state index contributed by atoms with van der Waals surface area (Å²) in [5, 5.41) is 0. The van der Waals surface area contributed by atoms with Crippen molar-refractivity contribution < 1.29 is 18.3 Å². The molecule has 9 heteroatoms. The Kier molecular flexibility index (Phi) is 5.13. The summed E-state index contributed by atoms with van der Waals surface area (Å²) >= 11 is 0. The molecule has 3 fully saturated rings. The molecule has 1 aromatic rings. The van der Waals surface area contributed by atoms with Gasteiger partial charge in [-0.1, -0.05) is 0 Å². The fraction of sp³-hybridized carbons (Fsp3) is 0.611. The number of hydrogen-bond acceptors (Lipinski definition) is 6. The van der Waals surface area contributed by atoms with Crippen LogP contribution in [0.25, 0.3) is 0 Å². The maximum Gasteiger partial charge on any atom is 0.236 e. The minimum absolute atomic E-state index is 0.111. The number of nitrogens with one attached hydrogen (secondary N) is 2. The molecule has 7 nitrogen and oxygen atoms in total. The van der Waals surface area contributed by atoms with Gasteiger partial charge in [-0.2, -0.15) is 0 Å².